The van der Waals surface area contributed by atoms with Gasteiger partial charge < -0.3 is 43.0 Å². The number of rotatable bonds is 23. The maximum absolute atomic E-state index is 10.9. The molecule has 1 aromatic heterocycles. The van der Waals surface area contributed by atoms with Crippen molar-refractivity contribution < 1.29 is 43.0 Å². The molecule has 1 N–H and O–H groups in total. The fourth-order valence-electron chi connectivity index (χ4n) is 9.31. The third-order valence-corrected chi connectivity index (χ3v) is 13.0. The molecule has 0 aliphatic carbocycles. The lowest BCUT2D eigenvalue weighted by Crippen LogP contribution is -2.60. The van der Waals surface area contributed by atoms with Crippen LogP contribution in [0.1, 0.15) is 59.0 Å². The van der Waals surface area contributed by atoms with Crippen molar-refractivity contribution in [3.8, 4) is 11.8 Å². The smallest absolute Gasteiger partial charge is 0.147 e. The SMILES string of the molecule is CC(C)(O)C#C[C@H]1O[C@H](Cn2cc([C@H]3O[C@H](CN=[N+]=[N-])[C@@H](OCc4ccccc4)[C@H](OCc4ccccc4)[C@@H]3OCc3ccccc3)nn2)[C@@H](OCc2ccccc2)[C@H](OCc2ccccc2)[C@@H]1OCc1ccccc1. The van der Waals surface area contributed by atoms with Crippen LogP contribution in [-0.2, 0) is 84.1 Å². The zero-order valence-corrected chi connectivity index (χ0v) is 42.7. The molecule has 0 amide bonds. The first kappa shape index (κ1) is 53.8. The highest BCUT2D eigenvalue weighted by Crippen LogP contribution is 2.39. The molecule has 7 aromatic rings. The predicted molar refractivity (Wildman–Crippen MR) is 284 cm³/mol. The molecule has 392 valence electrons. The van der Waals surface area contributed by atoms with E-state index in [0.717, 1.165) is 33.4 Å². The molecule has 9 rings (SSSR count). The first-order chi connectivity index (χ1) is 37.3. The summed E-state index contributed by atoms with van der Waals surface area (Å²) in [4.78, 5) is 3.12. The average molecular weight is 1030 g/mol. The number of hydrogen-bond acceptors (Lipinski definition) is 12. The van der Waals surface area contributed by atoms with Crippen LogP contribution in [0.15, 0.2) is 193 Å². The van der Waals surface area contributed by atoms with Crippen molar-refractivity contribution in [1.82, 2.24) is 15.0 Å². The monoisotopic (exact) mass is 1020 g/mol. The molecule has 6 aromatic carbocycles. The van der Waals surface area contributed by atoms with Gasteiger partial charge in [-0.05, 0) is 52.8 Å². The minimum absolute atomic E-state index is 0.0571. The van der Waals surface area contributed by atoms with Gasteiger partial charge in [0.2, 0.25) is 0 Å². The van der Waals surface area contributed by atoms with E-state index in [4.69, 9.17) is 48.2 Å². The molecule has 2 saturated heterocycles. The Bertz CT molecular complexity index is 2920. The molecule has 3 heterocycles. The second-order valence-corrected chi connectivity index (χ2v) is 19.4. The summed E-state index contributed by atoms with van der Waals surface area (Å²) in [6.45, 7) is 4.76. The summed E-state index contributed by atoms with van der Waals surface area (Å²) in [6, 6.07) is 59.3. The van der Waals surface area contributed by atoms with E-state index in [2.05, 4.69) is 21.9 Å². The van der Waals surface area contributed by atoms with Crippen molar-refractivity contribution in [3.05, 3.63) is 238 Å². The molecule has 10 atom stereocenters. The van der Waals surface area contributed by atoms with Gasteiger partial charge in [-0.3, -0.25) is 0 Å². The van der Waals surface area contributed by atoms with Crippen molar-refractivity contribution in [2.45, 2.75) is 127 Å². The van der Waals surface area contributed by atoms with Crippen LogP contribution in [0.5, 0.6) is 0 Å². The van der Waals surface area contributed by atoms with Gasteiger partial charge in [-0.25, -0.2) is 4.68 Å². The van der Waals surface area contributed by atoms with Gasteiger partial charge in [-0.1, -0.05) is 204 Å². The molecule has 0 unspecified atom stereocenters. The van der Waals surface area contributed by atoms with E-state index < -0.39 is 66.6 Å². The highest BCUT2D eigenvalue weighted by Gasteiger charge is 2.51. The summed E-state index contributed by atoms with van der Waals surface area (Å²) < 4.78 is 56.9. The highest BCUT2D eigenvalue weighted by molar-refractivity contribution is 5.22. The van der Waals surface area contributed by atoms with Gasteiger partial charge in [0.25, 0.3) is 0 Å². The largest absolute Gasteiger partial charge is 0.378 e. The Balaban J connectivity index is 1.08. The number of benzene rings is 6. The summed E-state index contributed by atoms with van der Waals surface area (Å²) in [7, 11) is 0. The zero-order chi connectivity index (χ0) is 52.4. The molecular weight excluding hydrogens is 961 g/mol. The van der Waals surface area contributed by atoms with E-state index >= 15 is 0 Å². The van der Waals surface area contributed by atoms with E-state index in [9.17, 15) is 10.6 Å². The number of nitrogens with zero attached hydrogens (tertiary/aromatic N) is 6. The summed E-state index contributed by atoms with van der Waals surface area (Å²) in [5.41, 5.74) is 14.5. The Morgan fingerprint density at radius 3 is 1.30 bits per heavy atom. The number of azide groups is 1. The number of hydrogen-bond donors (Lipinski definition) is 1. The first-order valence-electron chi connectivity index (χ1n) is 25.7. The Morgan fingerprint density at radius 2 is 0.895 bits per heavy atom. The maximum Gasteiger partial charge on any atom is 0.147 e. The van der Waals surface area contributed by atoms with Crippen molar-refractivity contribution in [2.75, 3.05) is 6.54 Å². The number of aromatic nitrogens is 3. The van der Waals surface area contributed by atoms with Gasteiger partial charge in [0.15, 0.2) is 0 Å². The minimum atomic E-state index is -1.34. The minimum Gasteiger partial charge on any atom is -0.378 e. The van der Waals surface area contributed by atoms with Crippen molar-refractivity contribution >= 4 is 0 Å². The molecule has 0 radical (unpaired) electrons. The van der Waals surface area contributed by atoms with Gasteiger partial charge in [0, 0.05) is 4.91 Å². The van der Waals surface area contributed by atoms with Crippen LogP contribution in [-0.4, -0.2) is 87.2 Å². The van der Waals surface area contributed by atoms with Crippen molar-refractivity contribution in [3.63, 3.8) is 0 Å². The average Bonchev–Trinajstić information content (AvgIpc) is 3.95. The van der Waals surface area contributed by atoms with Crippen LogP contribution in [0.4, 0.5) is 0 Å². The quantitative estimate of drug-likeness (QED) is 0.0280. The van der Waals surface area contributed by atoms with Gasteiger partial charge in [0.1, 0.15) is 66.2 Å². The third-order valence-electron chi connectivity index (χ3n) is 13.0. The zero-order valence-electron chi connectivity index (χ0n) is 42.7. The van der Waals surface area contributed by atoms with E-state index in [-0.39, 0.29) is 52.7 Å². The van der Waals surface area contributed by atoms with Crippen LogP contribution in [0, 0.1) is 11.8 Å². The summed E-state index contributed by atoms with van der Waals surface area (Å²) in [5.74, 6) is 6.23. The second-order valence-electron chi connectivity index (χ2n) is 19.4. The molecular formula is C61H64N6O9. The Morgan fingerprint density at radius 1 is 0.526 bits per heavy atom. The third kappa shape index (κ3) is 15.3. The standard InChI is InChI=1S/C61H64N6O9/c1-61(2,68)34-33-51-55(69-38-44-21-9-3-10-22-44)59(73-42-48-29-17-7-18-30-48)57(71-40-46-25-13-5-14-26-46)53(75-51)37-67-36-50(64-66-67)54-58(72-41-47-27-15-6-16-28-47)60(74-43-49-31-19-8-20-32-49)56(52(76-54)35-63-65-62)70-39-45-23-11-4-12-24-45/h3-32,36,51-60,68H,35,37-43H2,1-2H3/t51-,52-,53-,54-,55-,56-,57-,58-,59-,60+/m1/s1. The molecule has 0 spiro atoms. The highest BCUT2D eigenvalue weighted by atomic mass is 16.6. The Hall–Kier alpha value is -7.03. The molecule has 0 bridgehead atoms. The first-order valence-corrected chi connectivity index (χ1v) is 25.7. The lowest BCUT2D eigenvalue weighted by Gasteiger charge is -2.45. The topological polar surface area (TPSA) is 174 Å². The van der Waals surface area contributed by atoms with Crippen molar-refractivity contribution in [2.24, 2.45) is 5.11 Å². The van der Waals surface area contributed by atoms with Gasteiger partial charge in [-0.2, -0.15) is 0 Å². The van der Waals surface area contributed by atoms with Gasteiger partial charge >= 0.3 is 0 Å². The van der Waals surface area contributed by atoms with Crippen LogP contribution < -0.4 is 0 Å². The normalized spacial score (nSPS) is 23.5. The molecule has 15 heteroatoms. The fourth-order valence-corrected chi connectivity index (χ4v) is 9.31. The van der Waals surface area contributed by atoms with Crippen molar-refractivity contribution in [1.29, 1.82) is 0 Å². The lowest BCUT2D eigenvalue weighted by atomic mass is 9.92. The number of aliphatic hydroxyl groups is 1. The Labute approximate surface area is 444 Å². The maximum atomic E-state index is 10.9. The summed E-state index contributed by atoms with van der Waals surface area (Å²) in [5, 5.41) is 24.4. The molecule has 76 heavy (non-hydrogen) atoms. The van der Waals surface area contributed by atoms with Crippen LogP contribution in [0.25, 0.3) is 10.4 Å². The van der Waals surface area contributed by atoms with Crippen LogP contribution in [0.2, 0.25) is 0 Å². The molecule has 0 saturated carbocycles. The Kier molecular flexibility index (Phi) is 19.2. The molecule has 15 nitrogen and oxygen atoms in total. The van der Waals surface area contributed by atoms with E-state index in [1.807, 2.05) is 182 Å². The molecule has 2 fully saturated rings. The van der Waals surface area contributed by atoms with Gasteiger partial charge in [-0.15, -0.1) is 5.10 Å². The van der Waals surface area contributed by atoms with Crippen LogP contribution >= 0.6 is 0 Å². The molecule has 2 aliphatic rings. The summed E-state index contributed by atoms with van der Waals surface area (Å²) in [6.07, 6.45) is -6.02. The fraction of sp³-hybridized carbons (Fsp3) is 0.344. The second kappa shape index (κ2) is 27.1. The van der Waals surface area contributed by atoms with Crippen LogP contribution in [0.3, 0.4) is 0 Å². The summed E-state index contributed by atoms with van der Waals surface area (Å²) >= 11 is 0. The van der Waals surface area contributed by atoms with E-state index in [1.165, 1.54) is 0 Å². The van der Waals surface area contributed by atoms with E-state index in [0.29, 0.717) is 5.69 Å². The predicted octanol–water partition coefficient (Wildman–Crippen LogP) is 10.1. The lowest BCUT2D eigenvalue weighted by molar-refractivity contribution is -0.266. The van der Waals surface area contributed by atoms with Gasteiger partial charge in [0.05, 0.1) is 65.0 Å². The number of ether oxygens (including phenoxy) is 8. The van der Waals surface area contributed by atoms with E-state index in [1.54, 1.807) is 24.7 Å². The molecule has 2 aliphatic heterocycles.